The van der Waals surface area contributed by atoms with Crippen LogP contribution in [-0.2, 0) is 18.4 Å². The van der Waals surface area contributed by atoms with Gasteiger partial charge < -0.3 is 19.5 Å². The van der Waals surface area contributed by atoms with Gasteiger partial charge in [-0.1, -0.05) is 6.92 Å². The molecule has 1 aliphatic rings. The molecule has 0 aromatic carbocycles. The second-order valence-electron chi connectivity index (χ2n) is 5.42. The Kier molecular flexibility index (Phi) is 3.96. The summed E-state index contributed by atoms with van der Waals surface area (Å²) in [5, 5.41) is 9.10. The van der Waals surface area contributed by atoms with E-state index in [2.05, 4.69) is 4.98 Å². The van der Waals surface area contributed by atoms with E-state index in [1.165, 1.54) is 0 Å². The van der Waals surface area contributed by atoms with E-state index in [1.54, 1.807) is 23.0 Å². The number of aromatic nitrogens is 2. The third kappa shape index (κ3) is 2.76. The van der Waals surface area contributed by atoms with Gasteiger partial charge in [-0.3, -0.25) is 4.79 Å². The zero-order valence-electron chi connectivity index (χ0n) is 12.0. The van der Waals surface area contributed by atoms with Crippen LogP contribution in [0.1, 0.15) is 12.7 Å². The van der Waals surface area contributed by atoms with Gasteiger partial charge in [0.25, 0.3) is 0 Å². The van der Waals surface area contributed by atoms with E-state index in [9.17, 15) is 9.59 Å². The molecule has 0 radical (unpaired) electrons. The topological polar surface area (TPSA) is 78.7 Å². The fraction of sp³-hybridized carbons (Fsp3) is 0.615. The number of carboxylic acid groups (broad SMARTS) is 1. The summed E-state index contributed by atoms with van der Waals surface area (Å²) in [5.41, 5.74) is 0. The highest BCUT2D eigenvalue weighted by molar-refractivity contribution is 5.77. The van der Waals surface area contributed by atoms with Crippen molar-refractivity contribution in [2.75, 3.05) is 20.1 Å². The molecule has 1 saturated heterocycles. The first-order valence-electron chi connectivity index (χ1n) is 6.59. The molecule has 0 spiro atoms. The Morgan fingerprint density at radius 3 is 2.70 bits per heavy atom. The number of imidazole rings is 1. The van der Waals surface area contributed by atoms with Crippen LogP contribution in [-0.4, -0.2) is 56.6 Å². The van der Waals surface area contributed by atoms with Crippen molar-refractivity contribution in [2.45, 2.75) is 13.5 Å². The second kappa shape index (κ2) is 5.52. The molecule has 20 heavy (non-hydrogen) atoms. The number of hydrogen-bond acceptors (Lipinski definition) is 3. The van der Waals surface area contributed by atoms with E-state index in [-0.39, 0.29) is 18.5 Å². The van der Waals surface area contributed by atoms with Crippen LogP contribution in [0.4, 0.5) is 4.79 Å². The molecule has 7 nitrogen and oxygen atoms in total. The molecule has 1 aromatic heterocycles. The zero-order chi connectivity index (χ0) is 14.9. The van der Waals surface area contributed by atoms with E-state index in [0.29, 0.717) is 13.1 Å². The van der Waals surface area contributed by atoms with Gasteiger partial charge in [-0.2, -0.15) is 0 Å². The maximum absolute atomic E-state index is 12.3. The molecule has 1 fully saturated rings. The van der Waals surface area contributed by atoms with Crippen LogP contribution in [0.5, 0.6) is 0 Å². The molecule has 0 aliphatic carbocycles. The van der Waals surface area contributed by atoms with Crippen LogP contribution >= 0.6 is 0 Å². The minimum absolute atomic E-state index is 0.0157. The van der Waals surface area contributed by atoms with Gasteiger partial charge in [0.05, 0.1) is 12.5 Å². The largest absolute Gasteiger partial charge is 0.481 e. The molecule has 1 aromatic rings. The van der Waals surface area contributed by atoms with Gasteiger partial charge in [0.2, 0.25) is 0 Å². The molecule has 7 heteroatoms. The van der Waals surface area contributed by atoms with Crippen LogP contribution in [0.15, 0.2) is 12.4 Å². The number of carbonyl (C=O) groups excluding carboxylic acids is 1. The third-order valence-electron chi connectivity index (χ3n) is 3.83. The fourth-order valence-electron chi connectivity index (χ4n) is 2.51. The van der Waals surface area contributed by atoms with Crippen molar-refractivity contribution in [1.29, 1.82) is 0 Å². The summed E-state index contributed by atoms with van der Waals surface area (Å²) in [6.45, 7) is 3.04. The SMILES string of the molecule is CC1CN(C(=O)N(C)Cc2nccn2C)CC1C(=O)O. The standard InChI is InChI=1S/C13H20N4O3/c1-9-6-17(7-10(9)12(18)19)13(20)16(3)8-11-14-4-5-15(11)2/h4-5,9-10H,6-8H2,1-3H3,(H,18,19). The quantitative estimate of drug-likeness (QED) is 0.880. The Morgan fingerprint density at radius 2 is 2.20 bits per heavy atom. The van der Waals surface area contributed by atoms with Crippen LogP contribution in [0.25, 0.3) is 0 Å². The number of aliphatic carboxylic acids is 1. The molecule has 1 N–H and O–H groups in total. The highest BCUT2D eigenvalue weighted by Crippen LogP contribution is 2.24. The van der Waals surface area contributed by atoms with Gasteiger partial charge in [-0.05, 0) is 5.92 Å². The second-order valence-corrected chi connectivity index (χ2v) is 5.42. The first-order valence-corrected chi connectivity index (χ1v) is 6.59. The van der Waals surface area contributed by atoms with Crippen LogP contribution in [0.2, 0.25) is 0 Å². The average Bonchev–Trinajstić information content (AvgIpc) is 2.95. The number of carboxylic acids is 1. The van der Waals surface area contributed by atoms with Crippen LogP contribution in [0, 0.1) is 11.8 Å². The normalized spacial score (nSPS) is 22.1. The maximum Gasteiger partial charge on any atom is 0.320 e. The van der Waals surface area contributed by atoms with Gasteiger partial charge in [0, 0.05) is 39.6 Å². The minimum atomic E-state index is -0.834. The smallest absolute Gasteiger partial charge is 0.320 e. The Bertz CT molecular complexity index is 513. The Morgan fingerprint density at radius 1 is 1.50 bits per heavy atom. The van der Waals surface area contributed by atoms with Gasteiger partial charge in [-0.15, -0.1) is 0 Å². The first-order chi connectivity index (χ1) is 9.40. The fourth-order valence-corrected chi connectivity index (χ4v) is 2.51. The van der Waals surface area contributed by atoms with Crippen LogP contribution in [0.3, 0.4) is 0 Å². The van der Waals surface area contributed by atoms with Crippen molar-refractivity contribution in [3.8, 4) is 0 Å². The summed E-state index contributed by atoms with van der Waals surface area (Å²) in [6.07, 6.45) is 3.51. The van der Waals surface area contributed by atoms with E-state index in [4.69, 9.17) is 5.11 Å². The zero-order valence-corrected chi connectivity index (χ0v) is 12.0. The molecule has 2 rings (SSSR count). The Hall–Kier alpha value is -2.05. The van der Waals surface area contributed by atoms with Crippen molar-refractivity contribution >= 4 is 12.0 Å². The van der Waals surface area contributed by atoms with E-state index in [1.807, 2.05) is 24.7 Å². The molecule has 2 amide bonds. The number of amides is 2. The molecular formula is C13H20N4O3. The number of rotatable bonds is 3. The van der Waals surface area contributed by atoms with Crippen molar-refractivity contribution in [1.82, 2.24) is 19.4 Å². The van der Waals surface area contributed by atoms with Crippen molar-refractivity contribution in [2.24, 2.45) is 18.9 Å². The molecule has 2 heterocycles. The number of likely N-dealkylation sites (tertiary alicyclic amines) is 1. The predicted octanol–water partition coefficient (Wildman–Crippen LogP) is 0.624. The van der Waals surface area contributed by atoms with Gasteiger partial charge in [0.1, 0.15) is 5.82 Å². The van der Waals surface area contributed by atoms with Crippen molar-refractivity contribution < 1.29 is 14.7 Å². The highest BCUT2D eigenvalue weighted by Gasteiger charge is 2.37. The molecule has 0 saturated carbocycles. The summed E-state index contributed by atoms with van der Waals surface area (Å²) in [5.74, 6) is -0.527. The van der Waals surface area contributed by atoms with E-state index in [0.717, 1.165) is 5.82 Å². The Balaban J connectivity index is 1.98. The van der Waals surface area contributed by atoms with Gasteiger partial charge >= 0.3 is 12.0 Å². The van der Waals surface area contributed by atoms with E-state index >= 15 is 0 Å². The monoisotopic (exact) mass is 280 g/mol. The summed E-state index contributed by atoms with van der Waals surface area (Å²) < 4.78 is 1.86. The lowest BCUT2D eigenvalue weighted by atomic mass is 9.99. The lowest BCUT2D eigenvalue weighted by Crippen LogP contribution is -2.40. The Labute approximate surface area is 117 Å². The summed E-state index contributed by atoms with van der Waals surface area (Å²) in [7, 11) is 3.58. The van der Waals surface area contributed by atoms with Crippen LogP contribution < -0.4 is 0 Å². The summed E-state index contributed by atoms with van der Waals surface area (Å²) >= 11 is 0. The van der Waals surface area contributed by atoms with Gasteiger partial charge in [-0.25, -0.2) is 9.78 Å². The molecule has 1 aliphatic heterocycles. The third-order valence-corrected chi connectivity index (χ3v) is 3.83. The number of carbonyl (C=O) groups is 2. The molecule has 0 bridgehead atoms. The lowest BCUT2D eigenvalue weighted by molar-refractivity contribution is -0.142. The van der Waals surface area contributed by atoms with Crippen molar-refractivity contribution in [3.05, 3.63) is 18.2 Å². The highest BCUT2D eigenvalue weighted by atomic mass is 16.4. The minimum Gasteiger partial charge on any atom is -0.481 e. The first kappa shape index (κ1) is 14.4. The maximum atomic E-state index is 12.3. The molecule has 2 unspecified atom stereocenters. The summed E-state index contributed by atoms with van der Waals surface area (Å²) in [4.78, 5) is 30.8. The van der Waals surface area contributed by atoms with E-state index < -0.39 is 11.9 Å². The number of nitrogens with zero attached hydrogens (tertiary/aromatic N) is 4. The summed E-state index contributed by atoms with van der Waals surface area (Å²) in [6, 6.07) is -0.149. The number of hydrogen-bond donors (Lipinski definition) is 1. The number of aryl methyl sites for hydroxylation is 1. The molecule has 2 atom stereocenters. The van der Waals surface area contributed by atoms with Crippen molar-refractivity contribution in [3.63, 3.8) is 0 Å². The predicted molar refractivity (Wildman–Crippen MR) is 71.9 cm³/mol. The molecule has 110 valence electrons. The van der Waals surface area contributed by atoms with Gasteiger partial charge in [0.15, 0.2) is 0 Å². The number of urea groups is 1. The molecular weight excluding hydrogens is 260 g/mol. The average molecular weight is 280 g/mol. The lowest BCUT2D eigenvalue weighted by Gasteiger charge is -2.24.